The predicted octanol–water partition coefficient (Wildman–Crippen LogP) is 2.30. The summed E-state index contributed by atoms with van der Waals surface area (Å²) in [6.07, 6.45) is 2.59. The van der Waals surface area contributed by atoms with Crippen molar-refractivity contribution in [2.24, 2.45) is 5.92 Å². The van der Waals surface area contributed by atoms with Crippen LogP contribution in [0.1, 0.15) is 18.0 Å². The van der Waals surface area contributed by atoms with Crippen molar-refractivity contribution in [1.29, 1.82) is 0 Å². The molecular weight excluding hydrogens is 318 g/mol. The third kappa shape index (κ3) is 4.28. The highest BCUT2D eigenvalue weighted by molar-refractivity contribution is 5.78. The number of aliphatic hydroxyl groups is 1. The van der Waals surface area contributed by atoms with Crippen LogP contribution in [0.5, 0.6) is 0 Å². The van der Waals surface area contributed by atoms with E-state index in [0.29, 0.717) is 25.9 Å². The van der Waals surface area contributed by atoms with Gasteiger partial charge in [0, 0.05) is 38.5 Å². The van der Waals surface area contributed by atoms with Gasteiger partial charge in [-0.25, -0.2) is 4.98 Å². The minimum Gasteiger partial charge on any atom is -0.469 e. The SMILES string of the molecule is Cc1nc2ccccc2n1CCC(=O)NCC(CO)Cc1ccco1. The molecule has 25 heavy (non-hydrogen) atoms. The summed E-state index contributed by atoms with van der Waals surface area (Å²) in [5.74, 6) is 1.63. The molecule has 3 aromatic rings. The van der Waals surface area contributed by atoms with Gasteiger partial charge in [0.15, 0.2) is 0 Å². The first-order valence-corrected chi connectivity index (χ1v) is 8.49. The number of nitrogens with zero attached hydrogens (tertiary/aromatic N) is 2. The standard InChI is InChI=1S/C19H23N3O3/c1-14-21-17-6-2-3-7-18(17)22(14)9-8-19(24)20-12-15(13-23)11-16-5-4-10-25-16/h2-7,10,15,23H,8-9,11-13H2,1H3,(H,20,24). The number of amides is 1. The Bertz CT molecular complexity index is 824. The van der Waals surface area contributed by atoms with Gasteiger partial charge in [0.1, 0.15) is 11.6 Å². The number of fused-ring (bicyclic) bond motifs is 1. The number of nitrogens with one attached hydrogen (secondary N) is 1. The Morgan fingerprint density at radius 1 is 1.32 bits per heavy atom. The van der Waals surface area contributed by atoms with Crippen LogP contribution in [0.25, 0.3) is 11.0 Å². The van der Waals surface area contributed by atoms with Crippen LogP contribution in [0.15, 0.2) is 47.1 Å². The number of carbonyl (C=O) groups excluding carboxylic acids is 1. The highest BCUT2D eigenvalue weighted by Crippen LogP contribution is 2.15. The van der Waals surface area contributed by atoms with Crippen molar-refractivity contribution < 1.29 is 14.3 Å². The zero-order valence-electron chi connectivity index (χ0n) is 14.3. The molecule has 2 N–H and O–H groups in total. The minimum absolute atomic E-state index is 0.00620. The molecule has 0 saturated heterocycles. The molecule has 0 aliphatic heterocycles. The Balaban J connectivity index is 1.51. The second-order valence-electron chi connectivity index (χ2n) is 6.19. The van der Waals surface area contributed by atoms with Gasteiger partial charge in [0.05, 0.1) is 17.3 Å². The maximum atomic E-state index is 12.2. The van der Waals surface area contributed by atoms with Gasteiger partial charge >= 0.3 is 0 Å². The number of hydrogen-bond donors (Lipinski definition) is 2. The maximum absolute atomic E-state index is 12.2. The number of para-hydroxylation sites is 2. The van der Waals surface area contributed by atoms with Crippen LogP contribution >= 0.6 is 0 Å². The molecule has 0 radical (unpaired) electrons. The number of furan rings is 1. The second-order valence-corrected chi connectivity index (χ2v) is 6.19. The molecular formula is C19H23N3O3. The van der Waals surface area contributed by atoms with Crippen LogP contribution in [0.4, 0.5) is 0 Å². The maximum Gasteiger partial charge on any atom is 0.221 e. The van der Waals surface area contributed by atoms with Crippen molar-refractivity contribution in [1.82, 2.24) is 14.9 Å². The monoisotopic (exact) mass is 341 g/mol. The second kappa shape index (κ2) is 7.98. The molecule has 132 valence electrons. The summed E-state index contributed by atoms with van der Waals surface area (Å²) in [5, 5.41) is 12.4. The van der Waals surface area contributed by atoms with E-state index in [1.54, 1.807) is 6.26 Å². The first kappa shape index (κ1) is 17.2. The third-order valence-corrected chi connectivity index (χ3v) is 4.32. The van der Waals surface area contributed by atoms with Crippen molar-refractivity contribution in [3.05, 3.63) is 54.2 Å². The molecule has 0 bridgehead atoms. The third-order valence-electron chi connectivity index (χ3n) is 4.32. The molecule has 1 unspecified atom stereocenters. The number of aryl methyl sites for hydroxylation is 2. The van der Waals surface area contributed by atoms with E-state index in [4.69, 9.17) is 4.42 Å². The van der Waals surface area contributed by atoms with Crippen LogP contribution in [0.3, 0.4) is 0 Å². The number of aromatic nitrogens is 2. The van der Waals surface area contributed by atoms with Crippen molar-refractivity contribution in [2.45, 2.75) is 26.3 Å². The van der Waals surface area contributed by atoms with Crippen molar-refractivity contribution in [2.75, 3.05) is 13.2 Å². The number of benzene rings is 1. The number of imidazole rings is 1. The quantitative estimate of drug-likeness (QED) is 0.659. The summed E-state index contributed by atoms with van der Waals surface area (Å²) in [6.45, 7) is 2.97. The highest BCUT2D eigenvalue weighted by atomic mass is 16.3. The Kier molecular flexibility index (Phi) is 5.50. The number of hydrogen-bond acceptors (Lipinski definition) is 4. The molecule has 6 heteroatoms. The molecule has 0 aliphatic rings. The van der Waals surface area contributed by atoms with Crippen LogP contribution in [0, 0.1) is 12.8 Å². The fraction of sp³-hybridized carbons (Fsp3) is 0.368. The Labute approximate surface area is 146 Å². The summed E-state index contributed by atoms with van der Waals surface area (Å²) in [4.78, 5) is 16.7. The van der Waals surface area contributed by atoms with Gasteiger partial charge in [-0.15, -0.1) is 0 Å². The summed E-state index contributed by atoms with van der Waals surface area (Å²) >= 11 is 0. The Morgan fingerprint density at radius 3 is 2.92 bits per heavy atom. The smallest absolute Gasteiger partial charge is 0.221 e. The zero-order chi connectivity index (χ0) is 17.6. The van der Waals surface area contributed by atoms with Gasteiger partial charge in [-0.2, -0.15) is 0 Å². The van der Waals surface area contributed by atoms with Crippen molar-refractivity contribution >= 4 is 16.9 Å². The fourth-order valence-electron chi connectivity index (χ4n) is 2.95. The first-order chi connectivity index (χ1) is 12.2. The molecule has 1 atom stereocenters. The summed E-state index contributed by atoms with van der Waals surface area (Å²) in [7, 11) is 0. The lowest BCUT2D eigenvalue weighted by Crippen LogP contribution is -2.32. The average molecular weight is 341 g/mol. The molecule has 0 fully saturated rings. The normalized spacial score (nSPS) is 12.4. The van der Waals surface area contributed by atoms with Crippen molar-refractivity contribution in [3.63, 3.8) is 0 Å². The molecule has 0 aliphatic carbocycles. The van der Waals surface area contributed by atoms with E-state index in [-0.39, 0.29) is 18.4 Å². The average Bonchev–Trinajstić information content (AvgIpc) is 3.23. The van der Waals surface area contributed by atoms with E-state index in [1.165, 1.54) is 0 Å². The number of aliphatic hydroxyl groups excluding tert-OH is 1. The molecule has 0 spiro atoms. The van der Waals surface area contributed by atoms with E-state index >= 15 is 0 Å². The summed E-state index contributed by atoms with van der Waals surface area (Å²) in [5.41, 5.74) is 1.98. The predicted molar refractivity (Wildman–Crippen MR) is 95.1 cm³/mol. The zero-order valence-corrected chi connectivity index (χ0v) is 14.3. The largest absolute Gasteiger partial charge is 0.469 e. The van der Waals surface area contributed by atoms with Crippen molar-refractivity contribution in [3.8, 4) is 0 Å². The number of rotatable bonds is 8. The molecule has 1 amide bonds. The van der Waals surface area contributed by atoms with E-state index in [0.717, 1.165) is 22.6 Å². The highest BCUT2D eigenvalue weighted by Gasteiger charge is 2.13. The van der Waals surface area contributed by atoms with E-state index in [2.05, 4.69) is 14.9 Å². The van der Waals surface area contributed by atoms with Gasteiger partial charge in [-0.3, -0.25) is 4.79 Å². The van der Waals surface area contributed by atoms with Crippen LogP contribution in [-0.2, 0) is 17.8 Å². The van der Waals surface area contributed by atoms with Crippen LogP contribution in [0.2, 0.25) is 0 Å². The Hall–Kier alpha value is -2.60. The Morgan fingerprint density at radius 2 is 2.16 bits per heavy atom. The van der Waals surface area contributed by atoms with E-state index in [9.17, 15) is 9.90 Å². The molecule has 3 rings (SSSR count). The first-order valence-electron chi connectivity index (χ1n) is 8.49. The van der Waals surface area contributed by atoms with Gasteiger partial charge in [-0.1, -0.05) is 12.1 Å². The lowest BCUT2D eigenvalue weighted by Gasteiger charge is -2.14. The van der Waals surface area contributed by atoms with Crippen LogP contribution < -0.4 is 5.32 Å². The number of carbonyl (C=O) groups is 1. The molecule has 2 heterocycles. The molecule has 0 saturated carbocycles. The summed E-state index contributed by atoms with van der Waals surface area (Å²) in [6, 6.07) is 11.6. The topological polar surface area (TPSA) is 80.3 Å². The lowest BCUT2D eigenvalue weighted by atomic mass is 10.1. The minimum atomic E-state index is -0.0501. The fourth-order valence-corrected chi connectivity index (χ4v) is 2.95. The van der Waals surface area contributed by atoms with E-state index in [1.807, 2.05) is 43.3 Å². The summed E-state index contributed by atoms with van der Waals surface area (Å²) < 4.78 is 7.35. The molecule has 1 aromatic carbocycles. The molecule has 6 nitrogen and oxygen atoms in total. The van der Waals surface area contributed by atoms with Gasteiger partial charge in [0.25, 0.3) is 0 Å². The van der Waals surface area contributed by atoms with E-state index < -0.39 is 0 Å². The molecule has 2 aromatic heterocycles. The van der Waals surface area contributed by atoms with Gasteiger partial charge in [-0.05, 0) is 31.2 Å². The lowest BCUT2D eigenvalue weighted by molar-refractivity contribution is -0.121. The van der Waals surface area contributed by atoms with Crippen LogP contribution in [-0.4, -0.2) is 33.7 Å². The van der Waals surface area contributed by atoms with Gasteiger partial charge < -0.3 is 19.4 Å². The van der Waals surface area contributed by atoms with Gasteiger partial charge in [0.2, 0.25) is 5.91 Å².